The number of carbonyl (C=O) groups excluding carboxylic acids is 1. The topological polar surface area (TPSA) is 95.7 Å². The van der Waals surface area contributed by atoms with Crippen LogP contribution in [0.2, 0.25) is 0 Å². The summed E-state index contributed by atoms with van der Waals surface area (Å²) in [5, 5.41) is 15.1. The van der Waals surface area contributed by atoms with E-state index in [4.69, 9.17) is 5.11 Å². The molecule has 7 nitrogen and oxygen atoms in total. The standard InChI is InChI=1S/C12H17N3O4/c16-11(17)7-13-6-9-2-1-4-15(8-9)12(18)10-3-5-19-14-10/h3,5,9,13H,1-2,4,6-8H2,(H,16,17). The molecule has 19 heavy (non-hydrogen) atoms. The molecule has 1 amide bonds. The predicted octanol–water partition coefficient (Wildman–Crippen LogP) is 0.201. The Morgan fingerprint density at radius 2 is 2.42 bits per heavy atom. The van der Waals surface area contributed by atoms with Crippen molar-refractivity contribution in [2.45, 2.75) is 12.8 Å². The Morgan fingerprint density at radius 1 is 1.58 bits per heavy atom. The molecule has 1 aliphatic heterocycles. The van der Waals surface area contributed by atoms with Gasteiger partial charge in [0.25, 0.3) is 5.91 Å². The summed E-state index contributed by atoms with van der Waals surface area (Å²) >= 11 is 0. The first-order valence-electron chi connectivity index (χ1n) is 6.29. The number of nitrogens with zero attached hydrogens (tertiary/aromatic N) is 2. The fourth-order valence-electron chi connectivity index (χ4n) is 2.28. The Morgan fingerprint density at radius 3 is 3.11 bits per heavy atom. The molecule has 0 aliphatic carbocycles. The number of hydrogen-bond acceptors (Lipinski definition) is 5. The van der Waals surface area contributed by atoms with Crippen LogP contribution in [0.3, 0.4) is 0 Å². The zero-order valence-electron chi connectivity index (χ0n) is 10.5. The molecular weight excluding hydrogens is 250 g/mol. The number of likely N-dealkylation sites (tertiary alicyclic amines) is 1. The number of piperidine rings is 1. The van der Waals surface area contributed by atoms with E-state index in [0.717, 1.165) is 12.8 Å². The van der Waals surface area contributed by atoms with Crippen molar-refractivity contribution in [3.63, 3.8) is 0 Å². The fraction of sp³-hybridized carbons (Fsp3) is 0.583. The highest BCUT2D eigenvalue weighted by Gasteiger charge is 2.25. The lowest BCUT2D eigenvalue weighted by atomic mass is 9.97. The highest BCUT2D eigenvalue weighted by molar-refractivity contribution is 5.92. The average Bonchev–Trinajstić information content (AvgIpc) is 2.91. The molecule has 2 heterocycles. The van der Waals surface area contributed by atoms with E-state index in [2.05, 4.69) is 15.0 Å². The number of aromatic nitrogens is 1. The number of carbonyl (C=O) groups is 2. The Kier molecular flexibility index (Phi) is 4.51. The molecular formula is C12H17N3O4. The Labute approximate surface area is 110 Å². The molecule has 1 fully saturated rings. The maximum atomic E-state index is 12.1. The lowest BCUT2D eigenvalue weighted by Crippen LogP contribution is -2.43. The number of carboxylic acid groups (broad SMARTS) is 1. The molecule has 0 bridgehead atoms. The molecule has 104 valence electrons. The fourth-order valence-corrected chi connectivity index (χ4v) is 2.28. The number of rotatable bonds is 5. The maximum Gasteiger partial charge on any atom is 0.317 e. The second kappa shape index (κ2) is 6.33. The lowest BCUT2D eigenvalue weighted by Gasteiger charge is -2.32. The zero-order valence-corrected chi connectivity index (χ0v) is 10.5. The predicted molar refractivity (Wildman–Crippen MR) is 65.6 cm³/mol. The molecule has 1 aliphatic rings. The van der Waals surface area contributed by atoms with Crippen LogP contribution >= 0.6 is 0 Å². The van der Waals surface area contributed by atoms with Gasteiger partial charge in [-0.05, 0) is 18.8 Å². The van der Waals surface area contributed by atoms with Gasteiger partial charge < -0.3 is 19.8 Å². The molecule has 0 radical (unpaired) electrons. The van der Waals surface area contributed by atoms with Crippen molar-refractivity contribution < 1.29 is 19.2 Å². The molecule has 1 aromatic heterocycles. The van der Waals surface area contributed by atoms with Gasteiger partial charge in [-0.1, -0.05) is 5.16 Å². The van der Waals surface area contributed by atoms with Gasteiger partial charge in [0.15, 0.2) is 5.69 Å². The van der Waals surface area contributed by atoms with E-state index in [1.807, 2.05) is 0 Å². The largest absolute Gasteiger partial charge is 0.480 e. The third-order valence-corrected chi connectivity index (χ3v) is 3.17. The van der Waals surface area contributed by atoms with Crippen LogP contribution in [0.4, 0.5) is 0 Å². The van der Waals surface area contributed by atoms with E-state index in [0.29, 0.717) is 25.3 Å². The van der Waals surface area contributed by atoms with Crippen molar-refractivity contribution in [2.75, 3.05) is 26.2 Å². The van der Waals surface area contributed by atoms with E-state index in [-0.39, 0.29) is 18.4 Å². The minimum atomic E-state index is -0.869. The maximum absolute atomic E-state index is 12.1. The second-order valence-corrected chi connectivity index (χ2v) is 4.67. The monoisotopic (exact) mass is 267 g/mol. The molecule has 2 N–H and O–H groups in total. The molecule has 1 unspecified atom stereocenters. The summed E-state index contributed by atoms with van der Waals surface area (Å²) in [5.74, 6) is -0.716. The summed E-state index contributed by atoms with van der Waals surface area (Å²) in [4.78, 5) is 24.2. The normalized spacial score (nSPS) is 19.4. The van der Waals surface area contributed by atoms with Gasteiger partial charge >= 0.3 is 5.97 Å². The summed E-state index contributed by atoms with van der Waals surface area (Å²) in [6.07, 6.45) is 3.29. The van der Waals surface area contributed by atoms with Crippen molar-refractivity contribution in [3.8, 4) is 0 Å². The molecule has 7 heteroatoms. The second-order valence-electron chi connectivity index (χ2n) is 4.67. The van der Waals surface area contributed by atoms with Crippen LogP contribution < -0.4 is 5.32 Å². The van der Waals surface area contributed by atoms with Crippen LogP contribution in [0.15, 0.2) is 16.9 Å². The Balaban J connectivity index is 1.83. The summed E-state index contributed by atoms with van der Waals surface area (Å²) in [5.41, 5.74) is 0.319. The van der Waals surface area contributed by atoms with Gasteiger partial charge in [-0.25, -0.2) is 0 Å². The number of hydrogen-bond donors (Lipinski definition) is 2. The van der Waals surface area contributed by atoms with Crippen LogP contribution in [0.5, 0.6) is 0 Å². The first-order chi connectivity index (χ1) is 9.16. The van der Waals surface area contributed by atoms with Crippen molar-refractivity contribution in [1.29, 1.82) is 0 Å². The molecule has 2 rings (SSSR count). The van der Waals surface area contributed by atoms with Gasteiger partial charge in [0, 0.05) is 25.7 Å². The summed E-state index contributed by atoms with van der Waals surface area (Å²) in [7, 11) is 0. The van der Waals surface area contributed by atoms with Crippen LogP contribution in [0.25, 0.3) is 0 Å². The lowest BCUT2D eigenvalue weighted by molar-refractivity contribution is -0.136. The minimum Gasteiger partial charge on any atom is -0.480 e. The SMILES string of the molecule is O=C(O)CNCC1CCCN(C(=O)c2ccon2)C1. The Hall–Kier alpha value is -1.89. The van der Waals surface area contributed by atoms with Gasteiger partial charge in [0.2, 0.25) is 0 Å². The van der Waals surface area contributed by atoms with Gasteiger partial charge in [-0.2, -0.15) is 0 Å². The van der Waals surface area contributed by atoms with Gasteiger partial charge in [0.1, 0.15) is 6.26 Å². The summed E-state index contributed by atoms with van der Waals surface area (Å²) < 4.78 is 4.67. The molecule has 0 aromatic carbocycles. The van der Waals surface area contributed by atoms with Crippen molar-refractivity contribution in [3.05, 3.63) is 18.0 Å². The van der Waals surface area contributed by atoms with Crippen LogP contribution in [0.1, 0.15) is 23.3 Å². The molecule has 1 saturated heterocycles. The van der Waals surface area contributed by atoms with Gasteiger partial charge in [-0.15, -0.1) is 0 Å². The third-order valence-electron chi connectivity index (χ3n) is 3.17. The summed E-state index contributed by atoms with van der Waals surface area (Å²) in [6, 6.07) is 1.55. The van der Waals surface area contributed by atoms with Crippen LogP contribution in [0, 0.1) is 5.92 Å². The molecule has 0 saturated carbocycles. The Bertz CT molecular complexity index is 432. The highest BCUT2D eigenvalue weighted by Crippen LogP contribution is 2.17. The molecule has 1 atom stereocenters. The average molecular weight is 267 g/mol. The van der Waals surface area contributed by atoms with Crippen molar-refractivity contribution in [1.82, 2.24) is 15.4 Å². The van der Waals surface area contributed by atoms with E-state index in [9.17, 15) is 9.59 Å². The van der Waals surface area contributed by atoms with Gasteiger partial charge in [-0.3, -0.25) is 9.59 Å². The van der Waals surface area contributed by atoms with Crippen molar-refractivity contribution in [2.24, 2.45) is 5.92 Å². The first kappa shape index (κ1) is 13.5. The first-order valence-corrected chi connectivity index (χ1v) is 6.29. The third kappa shape index (κ3) is 3.78. The van der Waals surface area contributed by atoms with E-state index >= 15 is 0 Å². The number of nitrogens with one attached hydrogen (secondary N) is 1. The molecule has 1 aromatic rings. The summed E-state index contributed by atoms with van der Waals surface area (Å²) in [6.45, 7) is 1.89. The number of amides is 1. The van der Waals surface area contributed by atoms with E-state index < -0.39 is 5.97 Å². The molecule has 0 spiro atoms. The smallest absolute Gasteiger partial charge is 0.317 e. The highest BCUT2D eigenvalue weighted by atomic mass is 16.5. The number of aliphatic carboxylic acids is 1. The zero-order chi connectivity index (χ0) is 13.7. The van der Waals surface area contributed by atoms with E-state index in [1.165, 1.54) is 6.26 Å². The van der Waals surface area contributed by atoms with Crippen molar-refractivity contribution >= 4 is 11.9 Å². The van der Waals surface area contributed by atoms with Crippen LogP contribution in [-0.2, 0) is 4.79 Å². The minimum absolute atomic E-state index is 0.0479. The quantitative estimate of drug-likeness (QED) is 0.791. The van der Waals surface area contributed by atoms with Crippen LogP contribution in [-0.4, -0.2) is 53.2 Å². The van der Waals surface area contributed by atoms with Gasteiger partial charge in [0.05, 0.1) is 6.54 Å². The number of carboxylic acids is 1. The van der Waals surface area contributed by atoms with E-state index in [1.54, 1.807) is 11.0 Å².